The van der Waals surface area contributed by atoms with Gasteiger partial charge < -0.3 is 20.5 Å². The summed E-state index contributed by atoms with van der Waals surface area (Å²) in [6.45, 7) is -0.487. The molecule has 196 valence electrons. The molecular formula is C28H20F2N4O4S. The Morgan fingerprint density at radius 3 is 2.62 bits per heavy atom. The van der Waals surface area contributed by atoms with E-state index in [1.807, 2.05) is 17.5 Å². The Kier molecular flexibility index (Phi) is 7.15. The highest BCUT2D eigenvalue weighted by atomic mass is 32.1. The molecule has 5 rings (SSSR count). The molecule has 0 unspecified atom stereocenters. The van der Waals surface area contributed by atoms with Crippen molar-refractivity contribution in [2.24, 2.45) is 0 Å². The maximum Gasteiger partial charge on any atom is 0.263 e. The third kappa shape index (κ3) is 5.68. The Labute approximate surface area is 224 Å². The number of anilines is 2. The number of hydrogen-bond donors (Lipinski definition) is 3. The molecule has 1 aliphatic rings. The molecule has 0 radical (unpaired) electrons. The summed E-state index contributed by atoms with van der Waals surface area (Å²) in [5, 5.41) is 9.78. The standard InChI is InChI=1S/C28H20F2N4O4S/c29-22-7-5-16(11-23(22)30)15-34-9-1-4-19(28(34)38)26(36)31-14-25(35)32-17-6-8-24-20(12-17)21(27(37)33-24)13-18-3-2-10-39-18/h1-13H,14-15H2,(H,31,36)(H,32,35)(H,33,37). The third-order valence-corrected chi connectivity index (χ3v) is 6.75. The van der Waals surface area contributed by atoms with Crippen molar-refractivity contribution >= 4 is 52.1 Å². The summed E-state index contributed by atoms with van der Waals surface area (Å²) in [6.07, 6.45) is 3.19. The van der Waals surface area contributed by atoms with Gasteiger partial charge in [-0.2, -0.15) is 0 Å². The first-order valence-electron chi connectivity index (χ1n) is 11.7. The van der Waals surface area contributed by atoms with Crippen LogP contribution in [0.15, 0.2) is 77.0 Å². The van der Waals surface area contributed by atoms with E-state index in [0.29, 0.717) is 28.1 Å². The van der Waals surface area contributed by atoms with Crippen LogP contribution < -0.4 is 21.5 Å². The van der Waals surface area contributed by atoms with Crippen LogP contribution in [-0.2, 0) is 16.1 Å². The molecule has 0 bridgehead atoms. The first-order chi connectivity index (χ1) is 18.8. The van der Waals surface area contributed by atoms with Gasteiger partial charge in [0.25, 0.3) is 17.4 Å². The van der Waals surface area contributed by atoms with Crippen molar-refractivity contribution in [1.29, 1.82) is 0 Å². The summed E-state index contributed by atoms with van der Waals surface area (Å²) in [5.74, 6) is -3.59. The number of nitrogens with zero attached hydrogens (tertiary/aromatic N) is 1. The molecule has 0 saturated carbocycles. The number of nitrogens with one attached hydrogen (secondary N) is 3. The number of carbonyl (C=O) groups is 3. The maximum absolute atomic E-state index is 13.5. The Bertz CT molecular complexity index is 1700. The van der Waals surface area contributed by atoms with Crippen molar-refractivity contribution in [2.75, 3.05) is 17.2 Å². The topological polar surface area (TPSA) is 109 Å². The van der Waals surface area contributed by atoms with Crippen LogP contribution in [0.5, 0.6) is 0 Å². The molecule has 2 aromatic carbocycles. The SMILES string of the molecule is O=C(CNC(=O)c1cccn(Cc2ccc(F)c(F)c2)c1=O)Nc1ccc2c(c1)C(=Cc1cccs1)C(=O)N2. The highest BCUT2D eigenvalue weighted by Gasteiger charge is 2.25. The fourth-order valence-corrected chi connectivity index (χ4v) is 4.71. The van der Waals surface area contributed by atoms with Gasteiger partial charge in [0.05, 0.1) is 18.7 Å². The Morgan fingerprint density at radius 2 is 1.85 bits per heavy atom. The van der Waals surface area contributed by atoms with E-state index in [4.69, 9.17) is 0 Å². The summed E-state index contributed by atoms with van der Waals surface area (Å²) in [6, 6.07) is 14.8. The lowest BCUT2D eigenvalue weighted by Gasteiger charge is -2.10. The van der Waals surface area contributed by atoms with Gasteiger partial charge in [0.2, 0.25) is 5.91 Å². The van der Waals surface area contributed by atoms with E-state index in [1.165, 1.54) is 40.3 Å². The van der Waals surface area contributed by atoms with E-state index in [0.717, 1.165) is 17.0 Å². The van der Waals surface area contributed by atoms with Gasteiger partial charge in [-0.05, 0) is 65.6 Å². The van der Waals surface area contributed by atoms with Crippen LogP contribution in [0.2, 0.25) is 0 Å². The van der Waals surface area contributed by atoms with Crippen LogP contribution in [0.1, 0.15) is 26.4 Å². The van der Waals surface area contributed by atoms with Gasteiger partial charge in [-0.1, -0.05) is 12.1 Å². The van der Waals surface area contributed by atoms with Crippen LogP contribution in [0.4, 0.5) is 20.2 Å². The van der Waals surface area contributed by atoms with Gasteiger partial charge in [-0.3, -0.25) is 19.2 Å². The number of carbonyl (C=O) groups excluding carboxylic acids is 3. The molecule has 3 heterocycles. The molecule has 0 saturated heterocycles. The summed E-state index contributed by atoms with van der Waals surface area (Å²) < 4.78 is 27.9. The molecule has 3 amide bonds. The average molecular weight is 547 g/mol. The van der Waals surface area contributed by atoms with Gasteiger partial charge in [0, 0.05) is 28.0 Å². The predicted molar refractivity (Wildman–Crippen MR) is 144 cm³/mol. The van der Waals surface area contributed by atoms with Gasteiger partial charge >= 0.3 is 0 Å². The van der Waals surface area contributed by atoms with E-state index in [9.17, 15) is 28.0 Å². The summed E-state index contributed by atoms with van der Waals surface area (Å²) in [7, 11) is 0. The molecule has 2 aromatic heterocycles. The van der Waals surface area contributed by atoms with Gasteiger partial charge in [-0.15, -0.1) is 11.3 Å². The van der Waals surface area contributed by atoms with Crippen LogP contribution in [-0.4, -0.2) is 28.8 Å². The van der Waals surface area contributed by atoms with Crippen molar-refractivity contribution in [3.05, 3.63) is 116 Å². The number of halogens is 2. The molecule has 3 N–H and O–H groups in total. The molecule has 11 heteroatoms. The minimum atomic E-state index is -1.04. The van der Waals surface area contributed by atoms with Gasteiger partial charge in [-0.25, -0.2) is 8.78 Å². The van der Waals surface area contributed by atoms with Crippen molar-refractivity contribution in [3.8, 4) is 0 Å². The number of thiophene rings is 1. The molecule has 39 heavy (non-hydrogen) atoms. The lowest BCUT2D eigenvalue weighted by molar-refractivity contribution is -0.115. The first-order valence-corrected chi connectivity index (χ1v) is 12.6. The summed E-state index contributed by atoms with van der Waals surface area (Å²) >= 11 is 1.49. The molecule has 0 fully saturated rings. The average Bonchev–Trinajstić information content (AvgIpc) is 3.54. The van der Waals surface area contributed by atoms with Crippen molar-refractivity contribution in [2.45, 2.75) is 6.54 Å². The zero-order valence-electron chi connectivity index (χ0n) is 20.2. The second kappa shape index (κ2) is 10.8. The summed E-state index contributed by atoms with van der Waals surface area (Å²) in [5.41, 5.74) is 1.64. The Balaban J connectivity index is 1.23. The zero-order chi connectivity index (χ0) is 27.5. The molecule has 8 nitrogen and oxygen atoms in total. The number of benzene rings is 2. The fraction of sp³-hybridized carbons (Fsp3) is 0.0714. The number of pyridine rings is 1. The molecule has 0 atom stereocenters. The zero-order valence-corrected chi connectivity index (χ0v) is 21.0. The summed E-state index contributed by atoms with van der Waals surface area (Å²) in [4.78, 5) is 51.3. The minimum absolute atomic E-state index is 0.0732. The normalized spacial score (nSPS) is 13.2. The third-order valence-electron chi connectivity index (χ3n) is 5.93. The quantitative estimate of drug-likeness (QED) is 0.303. The van der Waals surface area contributed by atoms with Crippen LogP contribution in [0, 0.1) is 11.6 Å². The van der Waals surface area contributed by atoms with Crippen LogP contribution in [0.3, 0.4) is 0 Å². The van der Waals surface area contributed by atoms with E-state index in [1.54, 1.807) is 24.3 Å². The molecule has 0 aliphatic carbocycles. The minimum Gasteiger partial charge on any atom is -0.343 e. The highest BCUT2D eigenvalue weighted by Crippen LogP contribution is 2.35. The smallest absolute Gasteiger partial charge is 0.263 e. The van der Waals surface area contributed by atoms with Crippen molar-refractivity contribution in [3.63, 3.8) is 0 Å². The maximum atomic E-state index is 13.5. The van der Waals surface area contributed by atoms with Crippen LogP contribution in [0.25, 0.3) is 11.6 Å². The highest BCUT2D eigenvalue weighted by molar-refractivity contribution is 7.11. The molecule has 4 aromatic rings. The van der Waals surface area contributed by atoms with Gasteiger partial charge in [0.1, 0.15) is 5.56 Å². The number of rotatable bonds is 7. The number of amides is 3. The first kappa shape index (κ1) is 25.7. The van der Waals surface area contributed by atoms with Gasteiger partial charge in [0.15, 0.2) is 11.6 Å². The number of fused-ring (bicyclic) bond motifs is 1. The van der Waals surface area contributed by atoms with Crippen molar-refractivity contribution in [1.82, 2.24) is 9.88 Å². The van der Waals surface area contributed by atoms with E-state index >= 15 is 0 Å². The largest absolute Gasteiger partial charge is 0.343 e. The number of hydrogen-bond acceptors (Lipinski definition) is 5. The van der Waals surface area contributed by atoms with E-state index in [2.05, 4.69) is 16.0 Å². The Morgan fingerprint density at radius 1 is 1.00 bits per heavy atom. The fourth-order valence-electron chi connectivity index (χ4n) is 4.05. The van der Waals surface area contributed by atoms with E-state index < -0.39 is 35.6 Å². The second-order valence-electron chi connectivity index (χ2n) is 8.62. The van der Waals surface area contributed by atoms with Crippen molar-refractivity contribution < 1.29 is 23.2 Å². The molecular weight excluding hydrogens is 526 g/mol. The monoisotopic (exact) mass is 546 g/mol. The predicted octanol–water partition coefficient (Wildman–Crippen LogP) is 4.10. The Hall–Kier alpha value is -4.90. The van der Waals surface area contributed by atoms with Crippen LogP contribution >= 0.6 is 11.3 Å². The lowest BCUT2D eigenvalue weighted by Crippen LogP contribution is -2.37. The van der Waals surface area contributed by atoms with E-state index in [-0.39, 0.29) is 18.0 Å². The number of aromatic nitrogens is 1. The second-order valence-corrected chi connectivity index (χ2v) is 9.60. The molecule has 1 aliphatic heterocycles. The lowest BCUT2D eigenvalue weighted by atomic mass is 10.1. The molecule has 0 spiro atoms.